The standard InChI is InChI=1S/C16H30N2O/c1-3-9-17-15-10-13(2)11-18(12-15)16(19)14-7-5-4-6-8-14/h13-15,17H,3-12H2,1-2H3. The van der Waals surface area contributed by atoms with Crippen LogP contribution in [0.15, 0.2) is 0 Å². The summed E-state index contributed by atoms with van der Waals surface area (Å²) in [5, 5.41) is 3.60. The van der Waals surface area contributed by atoms with Crippen LogP contribution in [0.5, 0.6) is 0 Å². The fourth-order valence-corrected chi connectivity index (χ4v) is 3.64. The predicted octanol–water partition coefficient (Wildman–Crippen LogP) is 2.80. The summed E-state index contributed by atoms with van der Waals surface area (Å²) in [5.41, 5.74) is 0. The monoisotopic (exact) mass is 266 g/mol. The minimum atomic E-state index is 0.325. The lowest BCUT2D eigenvalue weighted by Gasteiger charge is -2.39. The highest BCUT2D eigenvalue weighted by molar-refractivity contribution is 5.79. The van der Waals surface area contributed by atoms with Crippen LogP contribution in [0.1, 0.15) is 58.8 Å². The second-order valence-electron chi connectivity index (χ2n) is 6.57. The topological polar surface area (TPSA) is 32.3 Å². The molecule has 1 saturated carbocycles. The molecule has 1 aliphatic carbocycles. The van der Waals surface area contributed by atoms with E-state index >= 15 is 0 Å². The number of nitrogens with zero attached hydrogens (tertiary/aromatic N) is 1. The zero-order chi connectivity index (χ0) is 13.7. The van der Waals surface area contributed by atoms with E-state index < -0.39 is 0 Å². The van der Waals surface area contributed by atoms with Crippen molar-refractivity contribution in [2.75, 3.05) is 19.6 Å². The van der Waals surface area contributed by atoms with Crippen LogP contribution in [0, 0.1) is 11.8 Å². The van der Waals surface area contributed by atoms with Crippen molar-refractivity contribution in [1.29, 1.82) is 0 Å². The molecule has 0 spiro atoms. The van der Waals surface area contributed by atoms with E-state index in [4.69, 9.17) is 0 Å². The van der Waals surface area contributed by atoms with E-state index in [0.717, 1.165) is 32.5 Å². The molecule has 110 valence electrons. The van der Waals surface area contributed by atoms with Gasteiger partial charge in [0, 0.05) is 25.0 Å². The lowest BCUT2D eigenvalue weighted by Crippen LogP contribution is -2.52. The molecule has 0 bridgehead atoms. The molecular formula is C16H30N2O. The number of piperidine rings is 1. The van der Waals surface area contributed by atoms with E-state index in [-0.39, 0.29) is 0 Å². The highest BCUT2D eigenvalue weighted by atomic mass is 16.2. The number of carbonyl (C=O) groups excluding carboxylic acids is 1. The first kappa shape index (κ1) is 14.8. The molecule has 2 unspecified atom stereocenters. The number of rotatable bonds is 4. The maximum Gasteiger partial charge on any atom is 0.225 e. The van der Waals surface area contributed by atoms with Gasteiger partial charge >= 0.3 is 0 Å². The van der Waals surface area contributed by atoms with Gasteiger partial charge < -0.3 is 10.2 Å². The summed E-state index contributed by atoms with van der Waals surface area (Å²) in [5.74, 6) is 1.40. The van der Waals surface area contributed by atoms with Crippen LogP contribution in [0.4, 0.5) is 0 Å². The zero-order valence-electron chi connectivity index (χ0n) is 12.7. The quantitative estimate of drug-likeness (QED) is 0.848. The summed E-state index contributed by atoms with van der Waals surface area (Å²) >= 11 is 0. The van der Waals surface area contributed by atoms with Crippen LogP contribution in [0.25, 0.3) is 0 Å². The van der Waals surface area contributed by atoms with E-state index in [1.807, 2.05) is 0 Å². The highest BCUT2D eigenvalue weighted by Gasteiger charge is 2.31. The van der Waals surface area contributed by atoms with Crippen molar-refractivity contribution in [3.63, 3.8) is 0 Å². The van der Waals surface area contributed by atoms with Crippen molar-refractivity contribution in [3.05, 3.63) is 0 Å². The Labute approximate surface area is 118 Å². The van der Waals surface area contributed by atoms with E-state index in [9.17, 15) is 4.79 Å². The van der Waals surface area contributed by atoms with Gasteiger partial charge in [-0.25, -0.2) is 0 Å². The Morgan fingerprint density at radius 3 is 2.63 bits per heavy atom. The molecule has 0 aromatic rings. The Morgan fingerprint density at radius 2 is 1.95 bits per heavy atom. The van der Waals surface area contributed by atoms with Crippen LogP contribution in [-0.2, 0) is 4.79 Å². The Bertz CT molecular complexity index is 286. The van der Waals surface area contributed by atoms with Crippen molar-refractivity contribution in [1.82, 2.24) is 10.2 Å². The van der Waals surface area contributed by atoms with Gasteiger partial charge in [0.25, 0.3) is 0 Å². The third kappa shape index (κ3) is 4.20. The molecule has 1 aliphatic heterocycles. The van der Waals surface area contributed by atoms with Crippen LogP contribution >= 0.6 is 0 Å². The minimum absolute atomic E-state index is 0.325. The molecule has 3 heteroatoms. The Balaban J connectivity index is 1.88. The fraction of sp³-hybridized carbons (Fsp3) is 0.938. The van der Waals surface area contributed by atoms with Gasteiger partial charge in [-0.15, -0.1) is 0 Å². The van der Waals surface area contributed by atoms with Crippen molar-refractivity contribution in [3.8, 4) is 0 Å². The van der Waals surface area contributed by atoms with Crippen LogP contribution in [0.3, 0.4) is 0 Å². The lowest BCUT2D eigenvalue weighted by molar-refractivity contribution is -0.138. The summed E-state index contributed by atoms with van der Waals surface area (Å²) in [6.07, 6.45) is 8.44. The first-order chi connectivity index (χ1) is 9.20. The minimum Gasteiger partial charge on any atom is -0.341 e. The predicted molar refractivity (Wildman–Crippen MR) is 79.0 cm³/mol. The van der Waals surface area contributed by atoms with Gasteiger partial charge in [-0.1, -0.05) is 33.1 Å². The lowest BCUT2D eigenvalue weighted by atomic mass is 9.87. The van der Waals surface area contributed by atoms with Gasteiger partial charge in [0.1, 0.15) is 0 Å². The Hall–Kier alpha value is -0.570. The van der Waals surface area contributed by atoms with Crippen molar-refractivity contribution in [2.45, 2.75) is 64.8 Å². The van der Waals surface area contributed by atoms with Gasteiger partial charge in [-0.05, 0) is 38.1 Å². The molecule has 1 heterocycles. The average molecular weight is 266 g/mol. The van der Waals surface area contributed by atoms with Crippen LogP contribution < -0.4 is 5.32 Å². The fourth-order valence-electron chi connectivity index (χ4n) is 3.64. The summed E-state index contributed by atoms with van der Waals surface area (Å²) in [6.45, 7) is 7.45. The van der Waals surface area contributed by atoms with E-state index in [1.165, 1.54) is 32.1 Å². The van der Waals surface area contributed by atoms with Crippen molar-refractivity contribution < 1.29 is 4.79 Å². The molecule has 0 aromatic heterocycles. The third-order valence-corrected chi connectivity index (χ3v) is 4.61. The van der Waals surface area contributed by atoms with Gasteiger partial charge in [-0.3, -0.25) is 4.79 Å². The number of hydrogen-bond acceptors (Lipinski definition) is 2. The molecule has 2 rings (SSSR count). The maximum atomic E-state index is 12.6. The molecule has 1 amide bonds. The molecular weight excluding hydrogens is 236 g/mol. The largest absolute Gasteiger partial charge is 0.341 e. The maximum absolute atomic E-state index is 12.6. The second kappa shape index (κ2) is 7.28. The number of carbonyl (C=O) groups is 1. The first-order valence-corrected chi connectivity index (χ1v) is 8.23. The van der Waals surface area contributed by atoms with Crippen molar-refractivity contribution >= 4 is 5.91 Å². The SMILES string of the molecule is CCCNC1CC(C)CN(C(=O)C2CCCCC2)C1. The molecule has 0 radical (unpaired) electrons. The van der Waals surface area contributed by atoms with Gasteiger partial charge in [0.05, 0.1) is 0 Å². The average Bonchev–Trinajstić information content (AvgIpc) is 2.44. The zero-order valence-corrected chi connectivity index (χ0v) is 12.7. The van der Waals surface area contributed by atoms with Gasteiger partial charge in [-0.2, -0.15) is 0 Å². The Kier molecular flexibility index (Phi) is 5.68. The molecule has 2 aliphatic rings. The molecule has 1 saturated heterocycles. The highest BCUT2D eigenvalue weighted by Crippen LogP contribution is 2.27. The number of likely N-dealkylation sites (tertiary alicyclic amines) is 1. The first-order valence-electron chi connectivity index (χ1n) is 8.23. The summed E-state index contributed by atoms with van der Waals surface area (Å²) in [4.78, 5) is 14.8. The summed E-state index contributed by atoms with van der Waals surface area (Å²) in [7, 11) is 0. The second-order valence-corrected chi connectivity index (χ2v) is 6.57. The van der Waals surface area contributed by atoms with E-state index in [2.05, 4.69) is 24.1 Å². The molecule has 0 aromatic carbocycles. The van der Waals surface area contributed by atoms with E-state index in [0.29, 0.717) is 23.8 Å². The Morgan fingerprint density at radius 1 is 1.21 bits per heavy atom. The third-order valence-electron chi connectivity index (χ3n) is 4.61. The van der Waals surface area contributed by atoms with Crippen LogP contribution in [-0.4, -0.2) is 36.5 Å². The van der Waals surface area contributed by atoms with Gasteiger partial charge in [0.2, 0.25) is 5.91 Å². The molecule has 1 N–H and O–H groups in total. The van der Waals surface area contributed by atoms with Gasteiger partial charge in [0.15, 0.2) is 0 Å². The van der Waals surface area contributed by atoms with E-state index in [1.54, 1.807) is 0 Å². The molecule has 19 heavy (non-hydrogen) atoms. The van der Waals surface area contributed by atoms with Crippen molar-refractivity contribution in [2.24, 2.45) is 11.8 Å². The summed E-state index contributed by atoms with van der Waals surface area (Å²) < 4.78 is 0. The molecule has 2 atom stereocenters. The number of amides is 1. The normalized spacial score (nSPS) is 29.5. The van der Waals surface area contributed by atoms with Crippen LogP contribution in [0.2, 0.25) is 0 Å². The number of hydrogen-bond donors (Lipinski definition) is 1. The molecule has 2 fully saturated rings. The number of nitrogens with one attached hydrogen (secondary N) is 1. The molecule has 3 nitrogen and oxygen atoms in total. The smallest absolute Gasteiger partial charge is 0.225 e. The summed E-state index contributed by atoms with van der Waals surface area (Å²) in [6, 6.07) is 0.510.